The van der Waals surface area contributed by atoms with Gasteiger partial charge in [0.15, 0.2) is 0 Å². The van der Waals surface area contributed by atoms with Crippen molar-refractivity contribution in [1.82, 2.24) is 9.80 Å². The van der Waals surface area contributed by atoms with Crippen molar-refractivity contribution >= 4 is 5.78 Å². The van der Waals surface area contributed by atoms with Crippen molar-refractivity contribution in [2.75, 3.05) is 6.67 Å². The lowest BCUT2D eigenvalue weighted by molar-refractivity contribution is -0.208. The summed E-state index contributed by atoms with van der Waals surface area (Å²) in [6.45, 7) is 0.832. The largest absolute Gasteiger partial charge is 0.299 e. The molecule has 0 aliphatic carbocycles. The lowest BCUT2D eigenvalue weighted by Crippen LogP contribution is -2.69. The highest BCUT2D eigenvalue weighted by Gasteiger charge is 2.65. The van der Waals surface area contributed by atoms with Gasteiger partial charge in [0, 0.05) is 24.2 Å². The summed E-state index contributed by atoms with van der Waals surface area (Å²) in [5, 5.41) is 0. The van der Waals surface area contributed by atoms with Crippen molar-refractivity contribution in [1.29, 1.82) is 0 Å². The fourth-order valence-electron chi connectivity index (χ4n) is 6.89. The highest BCUT2D eigenvalue weighted by molar-refractivity contribution is 5.89. The molecule has 4 atom stereocenters. The number of nitrogens with zero attached hydrogens (tertiary/aromatic N) is 2. The zero-order valence-electron chi connectivity index (χ0n) is 19.5. The van der Waals surface area contributed by atoms with Crippen LogP contribution >= 0.6 is 0 Å². The van der Waals surface area contributed by atoms with Gasteiger partial charge in [-0.25, -0.2) is 0 Å². The summed E-state index contributed by atoms with van der Waals surface area (Å²) in [6, 6.07) is 42.9. The molecule has 0 spiro atoms. The molecule has 3 aliphatic rings. The number of Topliss-reactive ketones (excluding diaryl/α,β-unsaturated/α-hetero) is 1. The number of carbonyl (C=O) groups is 1. The lowest BCUT2D eigenvalue weighted by Gasteiger charge is -2.67. The Labute approximate surface area is 206 Å². The molecular weight excluding hydrogens is 428 g/mol. The van der Waals surface area contributed by atoms with Crippen LogP contribution in [0.1, 0.15) is 46.4 Å². The van der Waals surface area contributed by atoms with Crippen LogP contribution < -0.4 is 0 Å². The molecule has 3 heterocycles. The molecule has 3 nitrogen and oxygen atoms in total. The second kappa shape index (κ2) is 8.30. The van der Waals surface area contributed by atoms with E-state index in [0.29, 0.717) is 5.78 Å². The number of benzene rings is 4. The van der Waals surface area contributed by atoms with Gasteiger partial charge in [-0.2, -0.15) is 0 Å². The first-order valence-corrected chi connectivity index (χ1v) is 12.6. The fourth-order valence-corrected chi connectivity index (χ4v) is 6.89. The van der Waals surface area contributed by atoms with Crippen molar-refractivity contribution < 1.29 is 4.79 Å². The second-order valence-corrected chi connectivity index (χ2v) is 10.0. The predicted octanol–water partition coefficient (Wildman–Crippen LogP) is 6.36. The van der Waals surface area contributed by atoms with Crippen LogP contribution in [0.4, 0.5) is 0 Å². The fraction of sp³-hybridized carbons (Fsp3) is 0.219. The molecule has 0 unspecified atom stereocenters. The van der Waals surface area contributed by atoms with E-state index in [-0.39, 0.29) is 36.0 Å². The predicted molar refractivity (Wildman–Crippen MR) is 137 cm³/mol. The smallest absolute Gasteiger partial charge is 0.146 e. The van der Waals surface area contributed by atoms with Crippen molar-refractivity contribution in [3.63, 3.8) is 0 Å². The van der Waals surface area contributed by atoms with Gasteiger partial charge in [-0.3, -0.25) is 14.6 Å². The first-order chi connectivity index (χ1) is 17.3. The van der Waals surface area contributed by atoms with Crippen molar-refractivity contribution in [2.24, 2.45) is 11.8 Å². The number of hydrogen-bond acceptors (Lipinski definition) is 3. The van der Waals surface area contributed by atoms with Crippen LogP contribution in [0.25, 0.3) is 0 Å². The topological polar surface area (TPSA) is 23.6 Å². The van der Waals surface area contributed by atoms with E-state index in [1.807, 2.05) is 0 Å². The lowest BCUT2D eigenvalue weighted by atomic mass is 9.60. The van der Waals surface area contributed by atoms with E-state index in [1.54, 1.807) is 0 Å². The molecule has 3 heteroatoms. The number of carbonyl (C=O) groups excluding carboxylic acids is 1. The van der Waals surface area contributed by atoms with Gasteiger partial charge in [-0.05, 0) is 22.3 Å². The molecule has 0 N–H and O–H groups in total. The number of hydrogen-bond donors (Lipinski definition) is 0. The minimum absolute atomic E-state index is 0.0512. The summed E-state index contributed by atoms with van der Waals surface area (Å²) < 4.78 is 0. The second-order valence-electron chi connectivity index (χ2n) is 10.0. The Morgan fingerprint density at radius 1 is 0.429 bits per heavy atom. The summed E-state index contributed by atoms with van der Waals surface area (Å²) in [6.07, 6.45) is 0. The van der Waals surface area contributed by atoms with Gasteiger partial charge in [0.2, 0.25) is 0 Å². The minimum atomic E-state index is -0.0512. The van der Waals surface area contributed by atoms with Crippen molar-refractivity contribution in [3.8, 4) is 0 Å². The zero-order valence-corrected chi connectivity index (χ0v) is 19.5. The summed E-state index contributed by atoms with van der Waals surface area (Å²) in [5.74, 6) is 0.303. The minimum Gasteiger partial charge on any atom is -0.299 e. The van der Waals surface area contributed by atoms with Gasteiger partial charge >= 0.3 is 0 Å². The van der Waals surface area contributed by atoms with Crippen LogP contribution in [-0.4, -0.2) is 22.3 Å². The molecule has 0 radical (unpaired) electrons. The van der Waals surface area contributed by atoms with E-state index in [2.05, 4.69) is 131 Å². The third-order valence-corrected chi connectivity index (χ3v) is 8.34. The third kappa shape index (κ3) is 3.16. The highest BCUT2D eigenvalue weighted by atomic mass is 16.1. The maximum Gasteiger partial charge on any atom is 0.146 e. The van der Waals surface area contributed by atoms with Gasteiger partial charge in [0.1, 0.15) is 5.78 Å². The van der Waals surface area contributed by atoms with E-state index < -0.39 is 0 Å². The van der Waals surface area contributed by atoms with Crippen LogP contribution in [0.2, 0.25) is 0 Å². The molecule has 3 saturated heterocycles. The molecule has 4 aromatic rings. The van der Waals surface area contributed by atoms with Crippen molar-refractivity contribution in [2.45, 2.75) is 24.2 Å². The van der Waals surface area contributed by atoms with Crippen LogP contribution in [0, 0.1) is 11.8 Å². The SMILES string of the molecule is O=C1C2[C@@H](c3ccccc3)N(CN3[C@@H](c4ccccc4)C1[C@@H]3c1ccccc1)[C@@H]2c1ccccc1. The van der Waals surface area contributed by atoms with E-state index >= 15 is 0 Å². The maximum absolute atomic E-state index is 14.7. The van der Waals surface area contributed by atoms with Gasteiger partial charge in [-0.15, -0.1) is 0 Å². The number of fused-ring (bicyclic) bond motifs is 4. The average molecular weight is 457 g/mol. The first-order valence-electron chi connectivity index (χ1n) is 12.6. The monoisotopic (exact) mass is 456 g/mol. The van der Waals surface area contributed by atoms with E-state index in [9.17, 15) is 4.79 Å². The van der Waals surface area contributed by atoms with Crippen LogP contribution in [0.5, 0.6) is 0 Å². The first kappa shape index (κ1) is 20.8. The summed E-state index contributed by atoms with van der Waals surface area (Å²) in [5.41, 5.74) is 4.97. The quantitative estimate of drug-likeness (QED) is 0.357. The summed E-state index contributed by atoms with van der Waals surface area (Å²) >= 11 is 0. The van der Waals surface area contributed by atoms with Crippen LogP contribution in [-0.2, 0) is 4.79 Å². The average Bonchev–Trinajstić information content (AvgIpc) is 2.88. The Kier molecular flexibility index (Phi) is 4.93. The summed E-state index contributed by atoms with van der Waals surface area (Å²) in [4.78, 5) is 19.8. The van der Waals surface area contributed by atoms with E-state index in [0.717, 1.165) is 6.67 Å². The summed E-state index contributed by atoms with van der Waals surface area (Å²) in [7, 11) is 0. The maximum atomic E-state index is 14.7. The molecule has 0 aromatic heterocycles. The third-order valence-electron chi connectivity index (χ3n) is 8.34. The number of rotatable bonds is 4. The molecule has 4 aromatic carbocycles. The Hall–Kier alpha value is -3.53. The van der Waals surface area contributed by atoms with Crippen LogP contribution in [0.3, 0.4) is 0 Å². The van der Waals surface area contributed by atoms with E-state index in [1.165, 1.54) is 22.3 Å². The molecule has 3 fully saturated rings. The van der Waals surface area contributed by atoms with E-state index in [4.69, 9.17) is 0 Å². The zero-order chi connectivity index (χ0) is 23.4. The number of ketones is 1. The van der Waals surface area contributed by atoms with Gasteiger partial charge in [0.05, 0.1) is 18.5 Å². The molecule has 172 valence electrons. The standard InChI is InChI=1S/C32H28N2O/c35-32-26-28(22-13-5-1-6-14-22)33(29(26)23-15-7-2-8-16-23)21-34-30(24-17-9-3-10-18-24)27(32)31(34)25-19-11-4-12-20-25/h1-20,26-31H,21H2/t28-,29-,30+,31+. The normalized spacial score (nSPS) is 33.1. The molecule has 0 saturated carbocycles. The molecule has 0 amide bonds. The van der Waals surface area contributed by atoms with Crippen molar-refractivity contribution in [3.05, 3.63) is 144 Å². The Morgan fingerprint density at radius 3 is 0.943 bits per heavy atom. The molecule has 3 aliphatic heterocycles. The Morgan fingerprint density at radius 2 is 0.686 bits per heavy atom. The molecule has 4 bridgehead atoms. The van der Waals surface area contributed by atoms with Gasteiger partial charge in [0.25, 0.3) is 0 Å². The van der Waals surface area contributed by atoms with Crippen LogP contribution in [0.15, 0.2) is 121 Å². The van der Waals surface area contributed by atoms with Gasteiger partial charge in [-0.1, -0.05) is 121 Å². The van der Waals surface area contributed by atoms with Gasteiger partial charge < -0.3 is 0 Å². The Balaban J connectivity index is 1.36. The molecule has 7 rings (SSSR count). The Bertz CT molecular complexity index is 1130. The highest BCUT2D eigenvalue weighted by Crippen LogP contribution is 2.63. The molecule has 35 heavy (non-hydrogen) atoms. The molecular formula is C32H28N2O.